The summed E-state index contributed by atoms with van der Waals surface area (Å²) in [6.07, 6.45) is 1.48. The fraction of sp³-hybridized carbons (Fsp3) is 0.182. The van der Waals surface area contributed by atoms with Crippen LogP contribution in [-0.2, 0) is 10.0 Å². The smallest absolute Gasteiger partial charge is 0.263 e. The largest absolute Gasteiger partial charge is 0.264 e. The van der Waals surface area contributed by atoms with Crippen LogP contribution in [0.3, 0.4) is 0 Å². The average molecular weight is 251 g/mol. The monoisotopic (exact) mass is 251 g/mol. The Labute approximate surface area is 99.9 Å². The van der Waals surface area contributed by atoms with Crippen molar-refractivity contribution in [3.05, 3.63) is 41.6 Å². The van der Waals surface area contributed by atoms with E-state index >= 15 is 0 Å². The van der Waals surface area contributed by atoms with E-state index in [1.165, 1.54) is 6.20 Å². The zero-order valence-corrected chi connectivity index (χ0v) is 10.4. The van der Waals surface area contributed by atoms with Crippen molar-refractivity contribution in [1.82, 2.24) is 10.2 Å². The molecule has 0 fully saturated rings. The first kappa shape index (κ1) is 11.7. The maximum absolute atomic E-state index is 12.0. The number of H-pyrrole nitrogens is 1. The first-order chi connectivity index (χ1) is 7.99. The van der Waals surface area contributed by atoms with Crippen molar-refractivity contribution in [1.29, 1.82) is 0 Å². The Bertz CT molecular complexity index is 618. The summed E-state index contributed by atoms with van der Waals surface area (Å²) in [4.78, 5) is 0.246. The summed E-state index contributed by atoms with van der Waals surface area (Å²) >= 11 is 0. The van der Waals surface area contributed by atoms with E-state index in [4.69, 9.17) is 0 Å². The van der Waals surface area contributed by atoms with E-state index in [9.17, 15) is 8.42 Å². The highest BCUT2D eigenvalue weighted by molar-refractivity contribution is 7.92. The molecule has 0 amide bonds. The van der Waals surface area contributed by atoms with Gasteiger partial charge < -0.3 is 0 Å². The number of rotatable bonds is 3. The van der Waals surface area contributed by atoms with Gasteiger partial charge in [-0.05, 0) is 37.1 Å². The van der Waals surface area contributed by atoms with Crippen LogP contribution in [0.25, 0.3) is 0 Å². The molecule has 2 N–H and O–H groups in total. The molecular weight excluding hydrogens is 238 g/mol. The maximum Gasteiger partial charge on any atom is 0.263 e. The molecule has 0 aliphatic heterocycles. The summed E-state index contributed by atoms with van der Waals surface area (Å²) in [5.74, 6) is 0.350. The molecule has 1 aromatic heterocycles. The fourth-order valence-electron chi connectivity index (χ4n) is 1.40. The van der Waals surface area contributed by atoms with Gasteiger partial charge in [-0.25, -0.2) is 8.42 Å². The fourth-order valence-corrected chi connectivity index (χ4v) is 2.50. The summed E-state index contributed by atoms with van der Waals surface area (Å²) in [6, 6.07) is 6.57. The number of sulfonamides is 1. The molecule has 0 spiro atoms. The molecular formula is C11H13N3O2S. The molecule has 0 aliphatic carbocycles. The van der Waals surface area contributed by atoms with Gasteiger partial charge in [-0.15, -0.1) is 0 Å². The SMILES string of the molecule is Cc1ccc(S(=O)(=O)Nc2ccn[nH]2)cc1C. The van der Waals surface area contributed by atoms with E-state index in [-0.39, 0.29) is 4.90 Å². The Balaban J connectivity index is 2.35. The molecule has 0 radical (unpaired) electrons. The third kappa shape index (κ3) is 2.47. The Kier molecular flexibility index (Phi) is 2.89. The molecule has 2 aromatic rings. The lowest BCUT2D eigenvalue weighted by atomic mass is 10.1. The van der Waals surface area contributed by atoms with Gasteiger partial charge >= 0.3 is 0 Å². The predicted octanol–water partition coefficient (Wildman–Crippen LogP) is 1.83. The standard InChI is InChI=1S/C11H13N3O2S/c1-8-3-4-10(7-9(8)2)17(15,16)14-11-5-6-12-13-11/h3-7H,1-2H3,(H2,12,13,14). The van der Waals surface area contributed by atoms with Gasteiger partial charge in [0.15, 0.2) is 0 Å². The molecule has 0 aliphatic rings. The summed E-state index contributed by atoms with van der Waals surface area (Å²) in [5, 5.41) is 6.23. The van der Waals surface area contributed by atoms with Crippen LogP contribution in [0.2, 0.25) is 0 Å². The van der Waals surface area contributed by atoms with Gasteiger partial charge in [0, 0.05) is 6.07 Å². The second kappa shape index (κ2) is 4.21. The van der Waals surface area contributed by atoms with Crippen molar-refractivity contribution in [3.8, 4) is 0 Å². The minimum atomic E-state index is -3.54. The number of aromatic amines is 1. The molecule has 2 rings (SSSR count). The number of hydrogen-bond donors (Lipinski definition) is 2. The average Bonchev–Trinajstić information content (AvgIpc) is 2.73. The minimum absolute atomic E-state index is 0.246. The van der Waals surface area contributed by atoms with Crippen molar-refractivity contribution in [2.24, 2.45) is 0 Å². The molecule has 6 heteroatoms. The van der Waals surface area contributed by atoms with Gasteiger partial charge in [-0.1, -0.05) is 6.07 Å². The summed E-state index contributed by atoms with van der Waals surface area (Å²) in [5.41, 5.74) is 2.00. The van der Waals surface area contributed by atoms with Gasteiger partial charge in [-0.2, -0.15) is 5.10 Å². The van der Waals surface area contributed by atoms with Crippen LogP contribution in [0.5, 0.6) is 0 Å². The Morgan fingerprint density at radius 2 is 1.94 bits per heavy atom. The van der Waals surface area contributed by atoms with Crippen molar-refractivity contribution in [2.45, 2.75) is 18.7 Å². The number of aryl methyl sites for hydroxylation is 2. The Morgan fingerprint density at radius 1 is 1.18 bits per heavy atom. The third-order valence-corrected chi connectivity index (χ3v) is 3.90. The lowest BCUT2D eigenvalue weighted by Crippen LogP contribution is -2.13. The normalized spacial score (nSPS) is 11.4. The van der Waals surface area contributed by atoms with Crippen LogP contribution in [0.4, 0.5) is 5.82 Å². The van der Waals surface area contributed by atoms with Gasteiger partial charge in [0.1, 0.15) is 5.82 Å². The third-order valence-electron chi connectivity index (χ3n) is 2.53. The summed E-state index contributed by atoms with van der Waals surface area (Å²) in [7, 11) is -3.54. The van der Waals surface area contributed by atoms with Crippen LogP contribution in [0, 0.1) is 13.8 Å². The van der Waals surface area contributed by atoms with Crippen LogP contribution < -0.4 is 4.72 Å². The Morgan fingerprint density at radius 3 is 2.53 bits per heavy atom. The van der Waals surface area contributed by atoms with Crippen LogP contribution in [0.15, 0.2) is 35.4 Å². The molecule has 17 heavy (non-hydrogen) atoms. The highest BCUT2D eigenvalue weighted by Gasteiger charge is 2.15. The minimum Gasteiger partial charge on any atom is -0.264 e. The molecule has 0 unspecified atom stereocenters. The van der Waals surface area contributed by atoms with Gasteiger partial charge in [0.25, 0.3) is 10.0 Å². The molecule has 0 saturated heterocycles. The quantitative estimate of drug-likeness (QED) is 0.873. The van der Waals surface area contributed by atoms with E-state index in [1.54, 1.807) is 24.3 Å². The lowest BCUT2D eigenvalue weighted by molar-refractivity contribution is 0.601. The van der Waals surface area contributed by atoms with Gasteiger partial charge in [-0.3, -0.25) is 9.82 Å². The molecule has 0 saturated carbocycles. The molecule has 0 bridgehead atoms. The zero-order chi connectivity index (χ0) is 12.5. The van der Waals surface area contributed by atoms with Crippen molar-refractivity contribution in [3.63, 3.8) is 0 Å². The maximum atomic E-state index is 12.0. The van der Waals surface area contributed by atoms with E-state index in [0.29, 0.717) is 5.82 Å². The zero-order valence-electron chi connectivity index (χ0n) is 9.56. The summed E-state index contributed by atoms with van der Waals surface area (Å²) in [6.45, 7) is 3.82. The number of aromatic nitrogens is 2. The highest BCUT2D eigenvalue weighted by atomic mass is 32.2. The summed E-state index contributed by atoms with van der Waals surface area (Å²) < 4.78 is 26.4. The van der Waals surface area contributed by atoms with Crippen molar-refractivity contribution in [2.75, 3.05) is 4.72 Å². The lowest BCUT2D eigenvalue weighted by Gasteiger charge is -2.07. The van der Waals surface area contributed by atoms with Crippen molar-refractivity contribution < 1.29 is 8.42 Å². The number of benzene rings is 1. The second-order valence-corrected chi connectivity index (χ2v) is 5.50. The molecule has 90 valence electrons. The molecule has 1 aromatic carbocycles. The number of nitrogens with one attached hydrogen (secondary N) is 2. The number of anilines is 1. The Hall–Kier alpha value is -1.82. The first-order valence-electron chi connectivity index (χ1n) is 5.08. The van der Waals surface area contributed by atoms with Gasteiger partial charge in [0.2, 0.25) is 0 Å². The topological polar surface area (TPSA) is 74.8 Å². The van der Waals surface area contributed by atoms with Crippen LogP contribution in [-0.4, -0.2) is 18.6 Å². The molecule has 5 nitrogen and oxygen atoms in total. The van der Waals surface area contributed by atoms with Crippen molar-refractivity contribution >= 4 is 15.8 Å². The number of nitrogens with zero attached hydrogens (tertiary/aromatic N) is 1. The van der Waals surface area contributed by atoms with Crippen LogP contribution in [0.1, 0.15) is 11.1 Å². The van der Waals surface area contributed by atoms with E-state index in [0.717, 1.165) is 11.1 Å². The first-order valence-corrected chi connectivity index (χ1v) is 6.57. The second-order valence-electron chi connectivity index (χ2n) is 3.82. The van der Waals surface area contributed by atoms with E-state index in [1.807, 2.05) is 13.8 Å². The molecule has 1 heterocycles. The van der Waals surface area contributed by atoms with Crippen LogP contribution >= 0.6 is 0 Å². The highest BCUT2D eigenvalue weighted by Crippen LogP contribution is 2.17. The van der Waals surface area contributed by atoms with E-state index < -0.39 is 10.0 Å². The molecule has 0 atom stereocenters. The predicted molar refractivity (Wildman–Crippen MR) is 65.3 cm³/mol. The van der Waals surface area contributed by atoms with Gasteiger partial charge in [0.05, 0.1) is 11.1 Å². The number of hydrogen-bond acceptors (Lipinski definition) is 3. The van der Waals surface area contributed by atoms with E-state index in [2.05, 4.69) is 14.9 Å².